The maximum absolute atomic E-state index is 5.01. The Bertz CT molecular complexity index is 634. The average Bonchev–Trinajstić information content (AvgIpc) is 2.84. The Hall–Kier alpha value is -1.64. The van der Waals surface area contributed by atoms with Crippen LogP contribution in [-0.4, -0.2) is 14.8 Å². The summed E-state index contributed by atoms with van der Waals surface area (Å²) >= 11 is 0. The zero-order valence-corrected chi connectivity index (χ0v) is 13.7. The molecule has 0 fully saturated rings. The van der Waals surface area contributed by atoms with Gasteiger partial charge in [-0.25, -0.2) is 0 Å². The molecule has 3 nitrogen and oxygen atoms in total. The molecule has 3 rings (SSSR count). The molecule has 1 aliphatic carbocycles. The Balaban J connectivity index is 2.24. The van der Waals surface area contributed by atoms with Gasteiger partial charge in [-0.15, -0.1) is 0 Å². The van der Waals surface area contributed by atoms with Crippen LogP contribution in [0.15, 0.2) is 24.5 Å². The van der Waals surface area contributed by atoms with Gasteiger partial charge in [-0.3, -0.25) is 9.67 Å². The highest BCUT2D eigenvalue weighted by Crippen LogP contribution is 2.42. The van der Waals surface area contributed by atoms with Gasteiger partial charge in [0.25, 0.3) is 0 Å². The molecule has 0 aromatic carbocycles. The van der Waals surface area contributed by atoms with Gasteiger partial charge in [0.1, 0.15) is 0 Å². The molecular weight excluding hydrogens is 258 g/mol. The molecule has 0 spiro atoms. The summed E-state index contributed by atoms with van der Waals surface area (Å²) in [6, 6.07) is 4.14. The van der Waals surface area contributed by atoms with Gasteiger partial charge in [-0.2, -0.15) is 5.10 Å². The van der Waals surface area contributed by atoms with Crippen molar-refractivity contribution in [3.05, 3.63) is 35.8 Å². The second kappa shape index (κ2) is 4.97. The maximum atomic E-state index is 5.01. The van der Waals surface area contributed by atoms with Crippen molar-refractivity contribution in [2.75, 3.05) is 0 Å². The zero-order valence-electron chi connectivity index (χ0n) is 13.7. The highest BCUT2D eigenvalue weighted by Gasteiger charge is 2.33. The number of nitrogens with zero attached hydrogens (tertiary/aromatic N) is 3. The quantitative estimate of drug-likeness (QED) is 0.777. The molecule has 2 heterocycles. The van der Waals surface area contributed by atoms with Crippen molar-refractivity contribution in [2.45, 2.75) is 58.9 Å². The van der Waals surface area contributed by atoms with E-state index >= 15 is 0 Å². The average molecular weight is 283 g/mol. The Labute approximate surface area is 127 Å². The number of fused-ring (bicyclic) bond motifs is 1. The molecule has 0 N–H and O–H groups in total. The summed E-state index contributed by atoms with van der Waals surface area (Å²) in [4.78, 5) is 4.14. The normalized spacial score (nSPS) is 22.1. The van der Waals surface area contributed by atoms with Crippen LogP contribution in [0.2, 0.25) is 0 Å². The van der Waals surface area contributed by atoms with Crippen LogP contribution < -0.4 is 0 Å². The molecule has 21 heavy (non-hydrogen) atoms. The molecule has 0 aliphatic heterocycles. The minimum Gasteiger partial charge on any atom is -0.265 e. The van der Waals surface area contributed by atoms with Crippen molar-refractivity contribution < 1.29 is 0 Å². The summed E-state index contributed by atoms with van der Waals surface area (Å²) in [5.41, 5.74) is 5.25. The lowest BCUT2D eigenvalue weighted by atomic mass is 9.78. The number of pyridine rings is 1. The van der Waals surface area contributed by atoms with E-state index in [2.05, 4.69) is 56.4 Å². The third-order valence-electron chi connectivity index (χ3n) is 4.76. The van der Waals surface area contributed by atoms with Gasteiger partial charge in [-0.1, -0.05) is 13.8 Å². The number of hydrogen-bond acceptors (Lipinski definition) is 2. The van der Waals surface area contributed by atoms with Crippen LogP contribution in [0.25, 0.3) is 11.3 Å². The molecule has 0 saturated heterocycles. The van der Waals surface area contributed by atoms with E-state index in [0.717, 1.165) is 18.0 Å². The van der Waals surface area contributed by atoms with Crippen molar-refractivity contribution in [2.24, 2.45) is 5.92 Å². The largest absolute Gasteiger partial charge is 0.265 e. The second-order valence-corrected chi connectivity index (χ2v) is 7.33. The first-order valence-electron chi connectivity index (χ1n) is 7.92. The summed E-state index contributed by atoms with van der Waals surface area (Å²) < 4.78 is 2.25. The van der Waals surface area contributed by atoms with Crippen LogP contribution >= 0.6 is 0 Å². The molecule has 0 amide bonds. The van der Waals surface area contributed by atoms with Gasteiger partial charge in [0.05, 0.1) is 11.2 Å². The zero-order chi connectivity index (χ0) is 15.2. The minimum atomic E-state index is 0.0235. The van der Waals surface area contributed by atoms with Gasteiger partial charge in [0.15, 0.2) is 0 Å². The predicted molar refractivity (Wildman–Crippen MR) is 86.4 cm³/mol. The first-order chi connectivity index (χ1) is 9.89. The molecular formula is C18H25N3. The Morgan fingerprint density at radius 3 is 2.43 bits per heavy atom. The second-order valence-electron chi connectivity index (χ2n) is 7.33. The fourth-order valence-corrected chi connectivity index (χ4v) is 3.36. The first-order valence-corrected chi connectivity index (χ1v) is 7.92. The van der Waals surface area contributed by atoms with E-state index in [1.807, 2.05) is 12.4 Å². The van der Waals surface area contributed by atoms with Crippen molar-refractivity contribution >= 4 is 0 Å². The highest BCUT2D eigenvalue weighted by atomic mass is 15.3. The number of hydrogen-bond donors (Lipinski definition) is 0. The summed E-state index contributed by atoms with van der Waals surface area (Å²) in [6.07, 6.45) is 6.10. The lowest BCUT2D eigenvalue weighted by Gasteiger charge is -2.30. The highest BCUT2D eigenvalue weighted by molar-refractivity contribution is 5.65. The van der Waals surface area contributed by atoms with Crippen molar-refractivity contribution in [3.63, 3.8) is 0 Å². The minimum absolute atomic E-state index is 0.0235. The van der Waals surface area contributed by atoms with Crippen LogP contribution in [0.3, 0.4) is 0 Å². The molecule has 2 aromatic heterocycles. The van der Waals surface area contributed by atoms with Gasteiger partial charge >= 0.3 is 0 Å². The summed E-state index contributed by atoms with van der Waals surface area (Å²) in [5.74, 6) is 1.28. The van der Waals surface area contributed by atoms with E-state index in [-0.39, 0.29) is 5.54 Å². The molecule has 3 heteroatoms. The molecule has 2 unspecified atom stereocenters. The van der Waals surface area contributed by atoms with E-state index in [9.17, 15) is 0 Å². The van der Waals surface area contributed by atoms with E-state index in [0.29, 0.717) is 5.92 Å². The maximum Gasteiger partial charge on any atom is 0.0962 e. The molecule has 2 atom stereocenters. The summed E-state index contributed by atoms with van der Waals surface area (Å²) in [6.45, 7) is 11.4. The Kier molecular flexibility index (Phi) is 3.39. The smallest absolute Gasteiger partial charge is 0.0962 e. The van der Waals surface area contributed by atoms with Crippen LogP contribution in [-0.2, 0) is 12.0 Å². The van der Waals surface area contributed by atoms with E-state index in [4.69, 9.17) is 5.10 Å². The lowest BCUT2D eigenvalue weighted by Crippen LogP contribution is -2.27. The SMILES string of the molecule is CC1CCc2c(c(-c3ccncc3)nn2C(C)(C)C)C1C. The van der Waals surface area contributed by atoms with Gasteiger partial charge in [0.2, 0.25) is 0 Å². The first kappa shape index (κ1) is 14.3. The van der Waals surface area contributed by atoms with Crippen molar-refractivity contribution in [1.82, 2.24) is 14.8 Å². The summed E-state index contributed by atoms with van der Waals surface area (Å²) in [7, 11) is 0. The molecule has 2 aromatic rings. The van der Waals surface area contributed by atoms with Crippen LogP contribution in [0.4, 0.5) is 0 Å². The molecule has 0 radical (unpaired) electrons. The van der Waals surface area contributed by atoms with Crippen LogP contribution in [0, 0.1) is 5.92 Å². The van der Waals surface area contributed by atoms with Gasteiger partial charge in [0, 0.05) is 29.2 Å². The van der Waals surface area contributed by atoms with E-state index < -0.39 is 0 Å². The van der Waals surface area contributed by atoms with Gasteiger partial charge in [-0.05, 0) is 57.6 Å². The molecule has 1 aliphatic rings. The lowest BCUT2D eigenvalue weighted by molar-refractivity contribution is 0.328. The van der Waals surface area contributed by atoms with Crippen molar-refractivity contribution in [3.8, 4) is 11.3 Å². The van der Waals surface area contributed by atoms with Gasteiger partial charge < -0.3 is 0 Å². The standard InChI is InChI=1S/C18H25N3/c1-12-6-7-15-16(13(12)2)17(14-8-10-19-11-9-14)20-21(15)18(3,4)5/h8-13H,6-7H2,1-5H3. The van der Waals surface area contributed by atoms with Crippen molar-refractivity contribution in [1.29, 1.82) is 0 Å². The fraction of sp³-hybridized carbons (Fsp3) is 0.556. The topological polar surface area (TPSA) is 30.7 Å². The third-order valence-corrected chi connectivity index (χ3v) is 4.76. The summed E-state index contributed by atoms with van der Waals surface area (Å²) in [5, 5.41) is 5.01. The Morgan fingerprint density at radius 1 is 1.14 bits per heavy atom. The number of aromatic nitrogens is 3. The molecule has 0 bridgehead atoms. The van der Waals surface area contributed by atoms with Crippen LogP contribution in [0.5, 0.6) is 0 Å². The predicted octanol–water partition coefficient (Wildman–Crippen LogP) is 4.39. The van der Waals surface area contributed by atoms with E-state index in [1.165, 1.54) is 23.2 Å². The van der Waals surface area contributed by atoms with Crippen LogP contribution in [0.1, 0.15) is 58.2 Å². The monoisotopic (exact) mass is 283 g/mol. The van der Waals surface area contributed by atoms with E-state index in [1.54, 1.807) is 0 Å². The number of rotatable bonds is 1. The molecule has 112 valence electrons. The fourth-order valence-electron chi connectivity index (χ4n) is 3.36. The Morgan fingerprint density at radius 2 is 1.81 bits per heavy atom. The third kappa shape index (κ3) is 2.39. The molecule has 0 saturated carbocycles.